The highest BCUT2D eigenvalue weighted by Crippen LogP contribution is 2.24. The zero-order valence-corrected chi connectivity index (χ0v) is 15.0. The Morgan fingerprint density at radius 1 is 1.19 bits per heavy atom. The minimum absolute atomic E-state index is 0.267. The van der Waals surface area contributed by atoms with Gasteiger partial charge < -0.3 is 4.74 Å². The number of hydrogen-bond donors (Lipinski definition) is 0. The third-order valence-electron chi connectivity index (χ3n) is 2.93. The van der Waals surface area contributed by atoms with Crippen molar-refractivity contribution in [1.82, 2.24) is 15.0 Å². The molecule has 0 N–H and O–H groups in total. The molecule has 1 aromatic heterocycles. The van der Waals surface area contributed by atoms with E-state index in [9.17, 15) is 4.39 Å². The third-order valence-corrected chi connectivity index (χ3v) is 5.17. The van der Waals surface area contributed by atoms with Crippen LogP contribution in [0.2, 0.25) is 25.7 Å². The Morgan fingerprint density at radius 3 is 2.48 bits per heavy atom. The minimum atomic E-state index is -1.08. The van der Waals surface area contributed by atoms with Crippen LogP contribution < -0.4 is 0 Å². The van der Waals surface area contributed by atoms with Crippen molar-refractivity contribution in [2.24, 2.45) is 0 Å². The van der Waals surface area contributed by atoms with Crippen molar-refractivity contribution in [3.63, 3.8) is 0 Å². The molecule has 1 heterocycles. The number of benzene rings is 1. The predicted octanol–water partition coefficient (Wildman–Crippen LogP) is 4.16. The summed E-state index contributed by atoms with van der Waals surface area (Å²) in [6.45, 7) is 7.98. The summed E-state index contributed by atoms with van der Waals surface area (Å²) < 4.78 is 19.2. The average Bonchev–Trinajstić information content (AvgIpc) is 2.76. The second-order valence-electron chi connectivity index (χ2n) is 6.07. The van der Waals surface area contributed by atoms with E-state index in [-0.39, 0.29) is 5.82 Å². The second kappa shape index (κ2) is 6.80. The SMILES string of the molecule is C[Si](C)(C)CCOCn1nc(Br)c(-c2ccc(F)cc2)n1. The smallest absolute Gasteiger partial charge is 0.158 e. The highest BCUT2D eigenvalue weighted by molar-refractivity contribution is 9.10. The van der Waals surface area contributed by atoms with Crippen LogP contribution >= 0.6 is 15.9 Å². The van der Waals surface area contributed by atoms with E-state index in [1.165, 1.54) is 16.9 Å². The molecular weight excluding hydrogens is 353 g/mol. The van der Waals surface area contributed by atoms with E-state index in [4.69, 9.17) is 4.74 Å². The van der Waals surface area contributed by atoms with Crippen LogP contribution in [-0.4, -0.2) is 29.7 Å². The fraction of sp³-hybridized carbons (Fsp3) is 0.429. The lowest BCUT2D eigenvalue weighted by molar-refractivity contribution is 0.0684. The van der Waals surface area contributed by atoms with Gasteiger partial charge in [0.25, 0.3) is 0 Å². The van der Waals surface area contributed by atoms with Crippen LogP contribution in [0.1, 0.15) is 0 Å². The van der Waals surface area contributed by atoms with Crippen LogP contribution in [0.3, 0.4) is 0 Å². The molecule has 2 aromatic rings. The number of nitrogens with zero attached hydrogens (tertiary/aromatic N) is 3. The topological polar surface area (TPSA) is 39.9 Å². The third kappa shape index (κ3) is 5.01. The summed E-state index contributed by atoms with van der Waals surface area (Å²) in [5.74, 6) is -0.267. The first-order valence-corrected chi connectivity index (χ1v) is 11.3. The lowest BCUT2D eigenvalue weighted by atomic mass is 10.2. The van der Waals surface area contributed by atoms with Crippen LogP contribution in [-0.2, 0) is 11.5 Å². The number of aromatic nitrogens is 3. The number of ether oxygens (including phenoxy) is 1. The molecule has 2 rings (SSSR count). The van der Waals surface area contributed by atoms with E-state index in [0.717, 1.165) is 18.2 Å². The zero-order chi connectivity index (χ0) is 15.5. The Morgan fingerprint density at radius 2 is 1.86 bits per heavy atom. The van der Waals surface area contributed by atoms with E-state index in [1.54, 1.807) is 12.1 Å². The van der Waals surface area contributed by atoms with Crippen LogP contribution in [0.4, 0.5) is 4.39 Å². The normalized spacial score (nSPS) is 11.9. The Balaban J connectivity index is 1.97. The molecule has 0 fully saturated rings. The van der Waals surface area contributed by atoms with Crippen molar-refractivity contribution in [2.75, 3.05) is 6.61 Å². The number of halogens is 2. The quantitative estimate of drug-likeness (QED) is 0.565. The molecule has 0 unspecified atom stereocenters. The summed E-state index contributed by atoms with van der Waals surface area (Å²) in [4.78, 5) is 1.51. The van der Waals surface area contributed by atoms with Crippen LogP contribution in [0.25, 0.3) is 11.3 Å². The predicted molar refractivity (Wildman–Crippen MR) is 87.2 cm³/mol. The molecule has 114 valence electrons. The highest BCUT2D eigenvalue weighted by atomic mass is 79.9. The maximum Gasteiger partial charge on any atom is 0.158 e. The van der Waals surface area contributed by atoms with E-state index in [2.05, 4.69) is 45.8 Å². The fourth-order valence-electron chi connectivity index (χ4n) is 1.69. The van der Waals surface area contributed by atoms with Gasteiger partial charge in [0.05, 0.1) is 0 Å². The number of rotatable bonds is 6. The van der Waals surface area contributed by atoms with Crippen molar-refractivity contribution < 1.29 is 9.13 Å². The summed E-state index contributed by atoms with van der Waals surface area (Å²) in [7, 11) is -1.08. The minimum Gasteiger partial charge on any atom is -0.358 e. The van der Waals surface area contributed by atoms with Gasteiger partial charge in [-0.15, -0.1) is 10.2 Å². The molecular formula is C14H19BrFN3OSi. The molecule has 0 saturated heterocycles. The summed E-state index contributed by atoms with van der Waals surface area (Å²) in [6, 6.07) is 7.29. The standard InChI is InChI=1S/C14H19BrFN3OSi/c1-21(2,3)9-8-20-10-19-17-13(14(15)18-19)11-4-6-12(16)7-5-11/h4-7H,8-10H2,1-3H3. The van der Waals surface area contributed by atoms with Crippen molar-refractivity contribution >= 4 is 24.0 Å². The van der Waals surface area contributed by atoms with E-state index in [1.807, 2.05) is 0 Å². The van der Waals surface area contributed by atoms with Crippen LogP contribution in [0, 0.1) is 5.82 Å². The molecule has 7 heteroatoms. The molecule has 0 aliphatic heterocycles. The average molecular weight is 372 g/mol. The summed E-state index contributed by atoms with van der Waals surface area (Å²) >= 11 is 3.38. The van der Waals surface area contributed by atoms with E-state index in [0.29, 0.717) is 17.0 Å². The molecule has 4 nitrogen and oxygen atoms in total. The van der Waals surface area contributed by atoms with Gasteiger partial charge in [0.1, 0.15) is 11.5 Å². The van der Waals surface area contributed by atoms with Gasteiger partial charge in [-0.3, -0.25) is 0 Å². The Hall–Kier alpha value is -1.05. The summed E-state index contributed by atoms with van der Waals surface area (Å²) in [5.41, 5.74) is 1.50. The first-order valence-electron chi connectivity index (χ1n) is 6.79. The molecule has 0 aliphatic carbocycles. The maximum absolute atomic E-state index is 12.9. The van der Waals surface area contributed by atoms with Crippen LogP contribution in [0.15, 0.2) is 28.9 Å². The van der Waals surface area contributed by atoms with Crippen molar-refractivity contribution in [1.29, 1.82) is 0 Å². The molecule has 0 bridgehead atoms. The summed E-state index contributed by atoms with van der Waals surface area (Å²) in [5, 5.41) is 8.62. The Bertz CT molecular complexity index is 595. The van der Waals surface area contributed by atoms with Gasteiger partial charge in [0.15, 0.2) is 11.3 Å². The molecule has 0 atom stereocenters. The molecule has 1 aromatic carbocycles. The van der Waals surface area contributed by atoms with Gasteiger partial charge in [0, 0.05) is 20.2 Å². The Kier molecular flexibility index (Phi) is 5.29. The fourth-order valence-corrected chi connectivity index (χ4v) is 2.94. The van der Waals surface area contributed by atoms with Crippen molar-refractivity contribution in [3.05, 3.63) is 34.7 Å². The van der Waals surface area contributed by atoms with Gasteiger partial charge >= 0.3 is 0 Å². The molecule has 0 spiro atoms. The van der Waals surface area contributed by atoms with Crippen molar-refractivity contribution in [2.45, 2.75) is 32.4 Å². The Labute approximate surface area is 133 Å². The molecule has 21 heavy (non-hydrogen) atoms. The molecule has 0 aliphatic rings. The first-order chi connectivity index (χ1) is 9.85. The lowest BCUT2D eigenvalue weighted by Crippen LogP contribution is -2.22. The van der Waals surface area contributed by atoms with Gasteiger partial charge in [0.2, 0.25) is 0 Å². The number of hydrogen-bond acceptors (Lipinski definition) is 3. The van der Waals surface area contributed by atoms with E-state index < -0.39 is 8.07 Å². The highest BCUT2D eigenvalue weighted by Gasteiger charge is 2.13. The summed E-state index contributed by atoms with van der Waals surface area (Å²) in [6.07, 6.45) is 0. The van der Waals surface area contributed by atoms with Gasteiger partial charge in [-0.25, -0.2) is 4.39 Å². The monoisotopic (exact) mass is 371 g/mol. The molecule has 0 amide bonds. The lowest BCUT2D eigenvalue weighted by Gasteiger charge is -2.14. The first kappa shape index (κ1) is 16.3. The molecule has 0 radical (unpaired) electrons. The maximum atomic E-state index is 12.9. The second-order valence-corrected chi connectivity index (χ2v) is 12.4. The largest absolute Gasteiger partial charge is 0.358 e. The molecule has 0 saturated carbocycles. The van der Waals surface area contributed by atoms with Gasteiger partial charge in [-0.05, 0) is 46.2 Å². The zero-order valence-electron chi connectivity index (χ0n) is 12.4. The van der Waals surface area contributed by atoms with Gasteiger partial charge in [-0.1, -0.05) is 19.6 Å². The van der Waals surface area contributed by atoms with E-state index >= 15 is 0 Å². The van der Waals surface area contributed by atoms with Crippen molar-refractivity contribution in [3.8, 4) is 11.3 Å². The van der Waals surface area contributed by atoms with Gasteiger partial charge in [-0.2, -0.15) is 4.80 Å². The van der Waals surface area contributed by atoms with Crippen LogP contribution in [0.5, 0.6) is 0 Å².